The summed E-state index contributed by atoms with van der Waals surface area (Å²) >= 11 is 0. The molecule has 8 nitrogen and oxygen atoms in total. The van der Waals surface area contributed by atoms with Crippen LogP contribution >= 0.6 is 0 Å². The first-order chi connectivity index (χ1) is 21.9. The Morgan fingerprint density at radius 3 is 0.673 bits per heavy atom. The van der Waals surface area contributed by atoms with Crippen molar-refractivity contribution >= 4 is 28.5 Å². The molecule has 0 aromatic rings. The first-order valence-corrected chi connectivity index (χ1v) is 19.3. The fourth-order valence-electron chi connectivity index (χ4n) is 7.41. The Morgan fingerprint density at radius 2 is 0.490 bits per heavy atom. The summed E-state index contributed by atoms with van der Waals surface area (Å²) in [6.07, 6.45) is 2.40. The molecule has 0 N–H and O–H groups in total. The smallest absolute Gasteiger partial charge is 0.403 e. The van der Waals surface area contributed by atoms with Crippen LogP contribution in [-0.2, 0) is 37.2 Å². The van der Waals surface area contributed by atoms with Crippen LogP contribution in [0.2, 0.25) is 23.3 Å². The molecule has 12 heteroatoms. The predicted molar refractivity (Wildman–Crippen MR) is 203 cm³/mol. The molecule has 0 saturated carbocycles. The van der Waals surface area contributed by atoms with Gasteiger partial charge in [-0.15, -0.1) is 0 Å². The van der Waals surface area contributed by atoms with Crippen LogP contribution in [0.5, 0.6) is 0 Å². The molecule has 4 atom stereocenters. The lowest BCUT2D eigenvalue weighted by atomic mass is 9.50. The van der Waals surface area contributed by atoms with Gasteiger partial charge in [0.25, 0.3) is 0 Å². The maximum Gasteiger partial charge on any atom is 0.461 e. The van der Waals surface area contributed by atoms with Gasteiger partial charge in [0.1, 0.15) is 0 Å². The van der Waals surface area contributed by atoms with E-state index >= 15 is 0 Å². The Bertz CT molecular complexity index is 1020. The molecular weight excluding hydrogens is 616 g/mol. The molecule has 0 radical (unpaired) electrons. The van der Waals surface area contributed by atoms with E-state index in [1.54, 1.807) is 0 Å². The van der Waals surface area contributed by atoms with E-state index in [0.717, 1.165) is 19.3 Å². The van der Waals surface area contributed by atoms with E-state index in [0.29, 0.717) is 11.8 Å². The van der Waals surface area contributed by atoms with E-state index in [9.17, 15) is 0 Å². The molecule has 4 fully saturated rings. The monoisotopic (exact) mass is 689 g/mol. The van der Waals surface area contributed by atoms with E-state index in [1.165, 1.54) is 0 Å². The van der Waals surface area contributed by atoms with Crippen LogP contribution in [0.1, 0.15) is 158 Å². The number of hydrogen-bond acceptors (Lipinski definition) is 8. The maximum absolute atomic E-state index is 6.87. The van der Waals surface area contributed by atoms with Crippen molar-refractivity contribution in [3.05, 3.63) is 0 Å². The van der Waals surface area contributed by atoms with Crippen molar-refractivity contribution < 1.29 is 37.2 Å². The van der Waals surface area contributed by atoms with Crippen molar-refractivity contribution in [1.82, 2.24) is 0 Å². The molecule has 4 aliphatic rings. The van der Waals surface area contributed by atoms with Gasteiger partial charge < -0.3 is 37.2 Å². The third-order valence-corrected chi connectivity index (χ3v) is 14.0. The van der Waals surface area contributed by atoms with Crippen molar-refractivity contribution in [1.29, 1.82) is 0 Å². The van der Waals surface area contributed by atoms with Crippen LogP contribution in [0.3, 0.4) is 0 Å². The van der Waals surface area contributed by atoms with Gasteiger partial charge in [-0.2, -0.15) is 0 Å². The average molecular weight is 688 g/mol. The van der Waals surface area contributed by atoms with Gasteiger partial charge in [0, 0.05) is 0 Å². The second kappa shape index (κ2) is 13.4. The Hall–Kier alpha value is -0.0603. The summed E-state index contributed by atoms with van der Waals surface area (Å²) in [7, 11) is -1.49. The van der Waals surface area contributed by atoms with Crippen LogP contribution in [0.15, 0.2) is 0 Å². The average Bonchev–Trinajstić information content (AvgIpc) is 3.43. The summed E-state index contributed by atoms with van der Waals surface area (Å²) in [6, 6.07) is 0. The lowest BCUT2D eigenvalue weighted by molar-refractivity contribution is 0.00578. The molecule has 4 heterocycles. The highest BCUT2D eigenvalue weighted by atomic mass is 16.7. The second-order valence-electron chi connectivity index (χ2n) is 20.5. The maximum atomic E-state index is 6.87. The Kier molecular flexibility index (Phi) is 11.4. The Morgan fingerprint density at radius 1 is 0.306 bits per heavy atom. The van der Waals surface area contributed by atoms with Crippen molar-refractivity contribution in [2.45, 2.75) is 226 Å². The standard InChI is InChI=1S/C37H72B4O8/c1-24(2)28(40-46-34(13,14)35(15,16)47-40)22-26(38-42-30(5,6)31(7,8)43-38)21-27(39-44-32(9,10)33(11,12)45-39)23-29(25(3)4)41-48-36(17,18)37(19,20)49-41/h24-29H,21-23H2,1-20H3/t26-,27-,28+,29+/m0/s1. The van der Waals surface area contributed by atoms with Gasteiger partial charge in [-0.1, -0.05) is 47.0 Å². The van der Waals surface area contributed by atoms with Crippen molar-refractivity contribution in [3.63, 3.8) is 0 Å². The van der Waals surface area contributed by atoms with Gasteiger partial charge in [-0.05, 0) is 146 Å². The molecule has 0 aliphatic carbocycles. The minimum atomic E-state index is -0.462. The third-order valence-electron chi connectivity index (χ3n) is 14.0. The fraction of sp³-hybridized carbons (Fsp3) is 1.00. The molecule has 4 rings (SSSR count). The normalized spacial score (nSPS) is 30.0. The minimum Gasteiger partial charge on any atom is -0.403 e. The summed E-state index contributed by atoms with van der Waals surface area (Å²) in [5.74, 6) is 0.886. The van der Waals surface area contributed by atoms with E-state index in [2.05, 4.69) is 138 Å². The summed E-state index contributed by atoms with van der Waals surface area (Å²) in [5.41, 5.74) is -3.50. The predicted octanol–water partition coefficient (Wildman–Crippen LogP) is 9.32. The number of hydrogen-bond donors (Lipinski definition) is 0. The van der Waals surface area contributed by atoms with E-state index < -0.39 is 59.0 Å². The van der Waals surface area contributed by atoms with E-state index in [1.807, 2.05) is 0 Å². The van der Waals surface area contributed by atoms with Crippen LogP contribution in [0.25, 0.3) is 0 Å². The molecule has 0 aromatic heterocycles. The van der Waals surface area contributed by atoms with Crippen molar-refractivity contribution in [3.8, 4) is 0 Å². The van der Waals surface area contributed by atoms with Gasteiger partial charge in [-0.25, -0.2) is 0 Å². The Labute approximate surface area is 302 Å². The SMILES string of the molecule is CC(C)[C@@H](C[C@H](C[C@@H](C[C@@H](B1OC(C)(C)C(C)(C)O1)C(C)C)B1OC(C)(C)C(C)(C)O1)B1OC(C)(C)C(C)(C)O1)B1OC(C)(C)C(C)(C)O1. The van der Waals surface area contributed by atoms with Crippen molar-refractivity contribution in [2.75, 3.05) is 0 Å². The highest BCUT2D eigenvalue weighted by molar-refractivity contribution is 6.51. The topological polar surface area (TPSA) is 73.8 Å². The van der Waals surface area contributed by atoms with Crippen LogP contribution in [0, 0.1) is 11.8 Å². The first-order valence-electron chi connectivity index (χ1n) is 19.3. The van der Waals surface area contributed by atoms with Crippen LogP contribution < -0.4 is 0 Å². The molecule has 0 spiro atoms. The zero-order valence-electron chi connectivity index (χ0n) is 35.2. The lowest BCUT2D eigenvalue weighted by Gasteiger charge is -2.34. The summed E-state index contributed by atoms with van der Waals surface area (Å²) in [5, 5.41) is 0. The van der Waals surface area contributed by atoms with Gasteiger partial charge >= 0.3 is 28.5 Å². The van der Waals surface area contributed by atoms with Crippen molar-refractivity contribution in [2.24, 2.45) is 11.8 Å². The summed E-state index contributed by atoms with van der Waals surface area (Å²) in [6.45, 7) is 43.2. The van der Waals surface area contributed by atoms with E-state index in [-0.39, 0.29) is 37.5 Å². The van der Waals surface area contributed by atoms with E-state index in [4.69, 9.17) is 37.2 Å². The quantitative estimate of drug-likeness (QED) is 0.188. The molecule has 0 bridgehead atoms. The molecule has 0 unspecified atom stereocenters. The second-order valence-corrected chi connectivity index (χ2v) is 20.5. The molecule has 0 amide bonds. The fourth-order valence-corrected chi connectivity index (χ4v) is 7.41. The highest BCUT2D eigenvalue weighted by Crippen LogP contribution is 2.53. The molecular formula is C37H72B4O8. The molecule has 49 heavy (non-hydrogen) atoms. The Balaban J connectivity index is 1.74. The third kappa shape index (κ3) is 8.07. The minimum absolute atomic E-state index is 0.0163. The van der Waals surface area contributed by atoms with Gasteiger partial charge in [-0.3, -0.25) is 0 Å². The first kappa shape index (κ1) is 41.7. The number of rotatable bonds is 12. The molecule has 4 saturated heterocycles. The molecule has 0 aromatic carbocycles. The largest absolute Gasteiger partial charge is 0.461 e. The molecule has 4 aliphatic heterocycles. The van der Waals surface area contributed by atoms with Gasteiger partial charge in [0.2, 0.25) is 0 Å². The molecule has 280 valence electrons. The zero-order chi connectivity index (χ0) is 37.6. The van der Waals surface area contributed by atoms with Gasteiger partial charge in [0.15, 0.2) is 0 Å². The highest BCUT2D eigenvalue weighted by Gasteiger charge is 2.61. The summed E-state index contributed by atoms with van der Waals surface area (Å²) < 4.78 is 54.3. The van der Waals surface area contributed by atoms with Crippen LogP contribution in [0.4, 0.5) is 0 Å². The summed E-state index contributed by atoms with van der Waals surface area (Å²) in [4.78, 5) is 0. The van der Waals surface area contributed by atoms with Gasteiger partial charge in [0.05, 0.1) is 44.8 Å². The lowest BCUT2D eigenvalue weighted by Crippen LogP contribution is -2.41. The zero-order valence-corrected chi connectivity index (χ0v) is 35.2. The van der Waals surface area contributed by atoms with Crippen LogP contribution in [-0.4, -0.2) is 73.3 Å².